The predicted octanol–water partition coefficient (Wildman–Crippen LogP) is 6.53. The number of sulfonamides is 1. The maximum absolute atomic E-state index is 14.2. The maximum Gasteiger partial charge on any atom is 0.264 e. The molecule has 0 saturated heterocycles. The molecule has 2 amide bonds. The van der Waals surface area contributed by atoms with Gasteiger partial charge in [0.1, 0.15) is 12.6 Å². The zero-order valence-electron chi connectivity index (χ0n) is 24.2. The second kappa shape index (κ2) is 13.3. The lowest BCUT2D eigenvalue weighted by molar-refractivity contribution is -0.141. The lowest BCUT2D eigenvalue weighted by atomic mass is 10.1. The van der Waals surface area contributed by atoms with E-state index in [1.165, 1.54) is 17.0 Å². The lowest BCUT2D eigenvalue weighted by Gasteiger charge is -2.35. The van der Waals surface area contributed by atoms with Crippen molar-refractivity contribution in [3.05, 3.63) is 93.5 Å². The topological polar surface area (TPSA) is 86.8 Å². The molecule has 0 radical (unpaired) electrons. The van der Waals surface area contributed by atoms with E-state index >= 15 is 0 Å². The number of hydrogen-bond acceptors (Lipinski definition) is 4. The molecule has 220 valence electrons. The van der Waals surface area contributed by atoms with Crippen molar-refractivity contribution in [2.24, 2.45) is 0 Å². The van der Waals surface area contributed by atoms with Crippen molar-refractivity contribution in [2.75, 3.05) is 10.8 Å². The molecule has 3 rings (SSSR count). The highest BCUT2D eigenvalue weighted by molar-refractivity contribution is 7.92. The first-order valence-corrected chi connectivity index (χ1v) is 15.5. The Balaban J connectivity index is 2.13. The van der Waals surface area contributed by atoms with Crippen LogP contribution in [-0.4, -0.2) is 43.3 Å². The summed E-state index contributed by atoms with van der Waals surface area (Å²) in [7, 11) is -4.15. The Hall–Kier alpha value is -3.07. The van der Waals surface area contributed by atoms with Crippen molar-refractivity contribution in [1.29, 1.82) is 0 Å². The van der Waals surface area contributed by atoms with Crippen LogP contribution >= 0.6 is 23.2 Å². The summed E-state index contributed by atoms with van der Waals surface area (Å²) in [6.07, 6.45) is 0.299. The minimum atomic E-state index is -4.15. The summed E-state index contributed by atoms with van der Waals surface area (Å²) in [5, 5.41) is 3.73. The van der Waals surface area contributed by atoms with Crippen LogP contribution in [0.5, 0.6) is 0 Å². The predicted molar refractivity (Wildman–Crippen MR) is 166 cm³/mol. The van der Waals surface area contributed by atoms with Gasteiger partial charge in [0.25, 0.3) is 10.0 Å². The molecule has 10 heteroatoms. The van der Waals surface area contributed by atoms with E-state index in [0.717, 1.165) is 15.4 Å². The zero-order valence-corrected chi connectivity index (χ0v) is 26.6. The maximum atomic E-state index is 14.2. The van der Waals surface area contributed by atoms with Crippen molar-refractivity contribution in [3.8, 4) is 0 Å². The number of nitrogens with one attached hydrogen (secondary N) is 1. The summed E-state index contributed by atoms with van der Waals surface area (Å²) in [5.41, 5.74) is 2.03. The van der Waals surface area contributed by atoms with Crippen LogP contribution in [0.2, 0.25) is 10.0 Å². The molecular formula is C31H37Cl2N3O4S. The second-order valence-corrected chi connectivity index (χ2v) is 13.7. The summed E-state index contributed by atoms with van der Waals surface area (Å²) in [4.78, 5) is 29.1. The number of aryl methyl sites for hydroxylation is 1. The van der Waals surface area contributed by atoms with Gasteiger partial charge in [-0.2, -0.15) is 0 Å². The Morgan fingerprint density at radius 3 is 2.20 bits per heavy atom. The first-order chi connectivity index (χ1) is 19.2. The van der Waals surface area contributed by atoms with Crippen molar-refractivity contribution in [1.82, 2.24) is 10.2 Å². The second-order valence-electron chi connectivity index (χ2n) is 11.0. The van der Waals surface area contributed by atoms with Gasteiger partial charge in [-0.1, -0.05) is 66.5 Å². The molecule has 1 N–H and O–H groups in total. The fourth-order valence-corrected chi connectivity index (χ4v) is 6.41. The molecule has 3 aromatic carbocycles. The monoisotopic (exact) mass is 617 g/mol. The Labute approximate surface area is 253 Å². The normalized spacial score (nSPS) is 12.5. The molecule has 0 fully saturated rings. The highest BCUT2D eigenvalue weighted by Gasteiger charge is 2.35. The summed E-state index contributed by atoms with van der Waals surface area (Å²) >= 11 is 12.6. The molecular weight excluding hydrogens is 581 g/mol. The van der Waals surface area contributed by atoms with Gasteiger partial charge < -0.3 is 10.2 Å². The number of anilines is 1. The molecule has 0 spiro atoms. The molecule has 7 nitrogen and oxygen atoms in total. The molecule has 0 aromatic heterocycles. The summed E-state index contributed by atoms with van der Waals surface area (Å²) < 4.78 is 29.1. The fraction of sp³-hybridized carbons (Fsp3) is 0.355. The van der Waals surface area contributed by atoms with E-state index in [2.05, 4.69) is 5.32 Å². The Kier molecular flexibility index (Phi) is 10.5. The average Bonchev–Trinajstić information content (AvgIpc) is 2.89. The third-order valence-corrected chi connectivity index (χ3v) is 9.06. The Morgan fingerprint density at radius 1 is 0.951 bits per heavy atom. The molecule has 3 aromatic rings. The number of halogens is 2. The van der Waals surface area contributed by atoms with E-state index in [1.807, 2.05) is 40.7 Å². The number of benzene rings is 3. The molecule has 41 heavy (non-hydrogen) atoms. The summed E-state index contributed by atoms with van der Waals surface area (Å²) in [6.45, 7) is 10.5. The minimum absolute atomic E-state index is 0.0169. The van der Waals surface area contributed by atoms with Crippen molar-refractivity contribution < 1.29 is 18.0 Å². The molecule has 1 atom stereocenters. The van der Waals surface area contributed by atoms with Crippen molar-refractivity contribution in [2.45, 2.75) is 71.0 Å². The van der Waals surface area contributed by atoms with Crippen molar-refractivity contribution in [3.63, 3.8) is 0 Å². The zero-order chi connectivity index (χ0) is 30.5. The first-order valence-electron chi connectivity index (χ1n) is 13.3. The van der Waals surface area contributed by atoms with Crippen molar-refractivity contribution >= 4 is 50.7 Å². The average molecular weight is 619 g/mol. The molecule has 0 bridgehead atoms. The van der Waals surface area contributed by atoms with Crippen LogP contribution in [0, 0.1) is 13.8 Å². The number of carbonyl (C=O) groups is 2. The lowest BCUT2D eigenvalue weighted by Crippen LogP contribution is -2.55. The molecule has 0 aliphatic carbocycles. The number of nitrogens with zero attached hydrogens (tertiary/aromatic N) is 2. The van der Waals surface area contributed by atoms with Gasteiger partial charge in [0.05, 0.1) is 10.6 Å². The summed E-state index contributed by atoms with van der Waals surface area (Å²) in [5.74, 6) is -0.894. The van der Waals surface area contributed by atoms with Crippen LogP contribution in [0.4, 0.5) is 5.69 Å². The van der Waals surface area contributed by atoms with Crippen LogP contribution in [-0.2, 0) is 26.2 Å². The van der Waals surface area contributed by atoms with E-state index in [9.17, 15) is 18.0 Å². The summed E-state index contributed by atoms with van der Waals surface area (Å²) in [6, 6.07) is 17.3. The molecule has 0 unspecified atom stereocenters. The van der Waals surface area contributed by atoms with Gasteiger partial charge >= 0.3 is 0 Å². The van der Waals surface area contributed by atoms with Crippen LogP contribution in [0.25, 0.3) is 0 Å². The molecule has 0 saturated carbocycles. The third-order valence-electron chi connectivity index (χ3n) is 6.69. The quantitative estimate of drug-likeness (QED) is 0.280. The van der Waals surface area contributed by atoms with Crippen LogP contribution in [0.1, 0.15) is 50.8 Å². The smallest absolute Gasteiger partial charge is 0.264 e. The molecule has 0 aliphatic rings. The number of rotatable bonds is 10. The SMILES string of the molecule is CC[C@@H](C(=O)NC(C)(C)C)N(Cc1ccc(Cl)cc1Cl)C(=O)CN(c1cccc(C)c1C)S(=O)(=O)c1ccccc1. The van der Waals surface area contributed by atoms with E-state index in [0.29, 0.717) is 27.7 Å². The number of hydrogen-bond donors (Lipinski definition) is 1. The van der Waals surface area contributed by atoms with Gasteiger partial charge in [-0.25, -0.2) is 8.42 Å². The molecule has 0 aliphatic heterocycles. The highest BCUT2D eigenvalue weighted by atomic mass is 35.5. The third kappa shape index (κ3) is 8.03. The van der Waals surface area contributed by atoms with E-state index < -0.39 is 34.1 Å². The first kappa shape index (κ1) is 32.4. The minimum Gasteiger partial charge on any atom is -0.350 e. The van der Waals surface area contributed by atoms with Crippen LogP contribution in [0.15, 0.2) is 71.6 Å². The van der Waals surface area contributed by atoms with Gasteiger partial charge in [-0.3, -0.25) is 13.9 Å². The van der Waals surface area contributed by atoms with Gasteiger partial charge in [-0.05, 0) is 88.1 Å². The fourth-order valence-electron chi connectivity index (χ4n) is 4.44. The van der Waals surface area contributed by atoms with E-state index in [4.69, 9.17) is 23.2 Å². The van der Waals surface area contributed by atoms with Gasteiger partial charge in [-0.15, -0.1) is 0 Å². The van der Waals surface area contributed by atoms with E-state index in [-0.39, 0.29) is 17.3 Å². The highest BCUT2D eigenvalue weighted by Crippen LogP contribution is 2.30. The van der Waals surface area contributed by atoms with E-state index in [1.54, 1.807) is 55.5 Å². The van der Waals surface area contributed by atoms with Crippen LogP contribution < -0.4 is 9.62 Å². The Morgan fingerprint density at radius 2 is 1.61 bits per heavy atom. The molecule has 0 heterocycles. The number of amides is 2. The Bertz CT molecular complexity index is 1510. The van der Waals surface area contributed by atoms with Crippen LogP contribution in [0.3, 0.4) is 0 Å². The standard InChI is InChI=1S/C31H37Cl2N3O4S/c1-7-27(30(38)34-31(4,5)6)35(19-23-16-17-24(32)18-26(23)33)29(37)20-36(28-15-11-12-21(2)22(28)3)41(39,40)25-13-9-8-10-14-25/h8-18,27H,7,19-20H2,1-6H3,(H,34,38)/t27-/m0/s1. The van der Waals surface area contributed by atoms with Gasteiger partial charge in [0.15, 0.2) is 0 Å². The number of carbonyl (C=O) groups excluding carboxylic acids is 2. The van der Waals surface area contributed by atoms with Gasteiger partial charge in [0, 0.05) is 22.1 Å². The van der Waals surface area contributed by atoms with Gasteiger partial charge in [0.2, 0.25) is 11.8 Å². The largest absolute Gasteiger partial charge is 0.350 e.